The smallest absolute Gasteiger partial charge is 0.227 e. The van der Waals surface area contributed by atoms with Gasteiger partial charge in [0, 0.05) is 45.2 Å². The zero-order valence-corrected chi connectivity index (χ0v) is 15.9. The molecule has 0 aliphatic carbocycles. The highest BCUT2D eigenvalue weighted by molar-refractivity contribution is 7.13. The van der Waals surface area contributed by atoms with Gasteiger partial charge in [-0.15, -0.1) is 11.3 Å². The van der Waals surface area contributed by atoms with E-state index in [1.54, 1.807) is 29.7 Å². The summed E-state index contributed by atoms with van der Waals surface area (Å²) in [5.74, 6) is 1.79. The van der Waals surface area contributed by atoms with Crippen LogP contribution < -0.4 is 4.90 Å². The normalized spacial score (nSPS) is 14.1. The number of anilines is 1. The molecule has 8 nitrogen and oxygen atoms in total. The van der Waals surface area contributed by atoms with Gasteiger partial charge in [-0.25, -0.2) is 4.98 Å². The summed E-state index contributed by atoms with van der Waals surface area (Å²) in [7, 11) is 0. The number of pyridine rings is 1. The van der Waals surface area contributed by atoms with Crippen LogP contribution in [0, 0.1) is 11.3 Å². The molecule has 9 heteroatoms. The van der Waals surface area contributed by atoms with E-state index < -0.39 is 0 Å². The molecule has 4 rings (SSSR count). The van der Waals surface area contributed by atoms with Crippen LogP contribution in [0.15, 0.2) is 40.4 Å². The number of hydrogen-bond acceptors (Lipinski definition) is 8. The first-order valence-corrected chi connectivity index (χ1v) is 9.87. The first-order chi connectivity index (χ1) is 13.7. The van der Waals surface area contributed by atoms with Gasteiger partial charge < -0.3 is 14.3 Å². The molecule has 0 spiro atoms. The van der Waals surface area contributed by atoms with Crippen LogP contribution in [0.3, 0.4) is 0 Å². The van der Waals surface area contributed by atoms with Crippen LogP contribution in [0.25, 0.3) is 10.7 Å². The lowest BCUT2D eigenvalue weighted by Gasteiger charge is -2.35. The average molecular weight is 394 g/mol. The molecule has 28 heavy (non-hydrogen) atoms. The first kappa shape index (κ1) is 18.1. The molecule has 0 saturated carbocycles. The van der Waals surface area contributed by atoms with Crippen molar-refractivity contribution in [2.45, 2.75) is 12.8 Å². The van der Waals surface area contributed by atoms with Crippen molar-refractivity contribution in [3.63, 3.8) is 0 Å². The van der Waals surface area contributed by atoms with E-state index in [1.165, 1.54) is 0 Å². The molecule has 1 aliphatic rings. The Kier molecular flexibility index (Phi) is 5.30. The monoisotopic (exact) mass is 394 g/mol. The predicted octanol–water partition coefficient (Wildman–Crippen LogP) is 2.35. The lowest BCUT2D eigenvalue weighted by molar-refractivity contribution is -0.131. The van der Waals surface area contributed by atoms with Crippen molar-refractivity contribution in [2.75, 3.05) is 31.1 Å². The van der Waals surface area contributed by atoms with Gasteiger partial charge in [-0.1, -0.05) is 11.2 Å². The van der Waals surface area contributed by atoms with Gasteiger partial charge in [-0.05, 0) is 23.6 Å². The standard InChI is InChI=1S/C19H18N6O2S/c20-13-14-3-1-7-21-19(14)25-10-8-24(9-11-25)17(26)6-5-16-22-18(23-27-16)15-4-2-12-28-15/h1-4,7,12H,5-6,8-11H2. The van der Waals surface area contributed by atoms with E-state index in [-0.39, 0.29) is 5.91 Å². The predicted molar refractivity (Wildman–Crippen MR) is 104 cm³/mol. The Morgan fingerprint density at radius 3 is 2.86 bits per heavy atom. The lowest BCUT2D eigenvalue weighted by atomic mass is 10.2. The van der Waals surface area contributed by atoms with Crippen molar-refractivity contribution in [3.8, 4) is 16.8 Å². The van der Waals surface area contributed by atoms with Gasteiger partial charge in [-0.3, -0.25) is 4.79 Å². The van der Waals surface area contributed by atoms with E-state index in [4.69, 9.17) is 4.52 Å². The van der Waals surface area contributed by atoms with Crippen molar-refractivity contribution in [2.24, 2.45) is 0 Å². The van der Waals surface area contributed by atoms with E-state index >= 15 is 0 Å². The summed E-state index contributed by atoms with van der Waals surface area (Å²) >= 11 is 1.55. The molecule has 4 heterocycles. The van der Waals surface area contributed by atoms with E-state index in [9.17, 15) is 10.1 Å². The van der Waals surface area contributed by atoms with Gasteiger partial charge in [0.25, 0.3) is 0 Å². The van der Waals surface area contributed by atoms with Gasteiger partial charge >= 0.3 is 0 Å². The molecule has 0 atom stereocenters. The van der Waals surface area contributed by atoms with Crippen LogP contribution in [0.2, 0.25) is 0 Å². The van der Waals surface area contributed by atoms with Crippen molar-refractivity contribution < 1.29 is 9.32 Å². The number of amides is 1. The van der Waals surface area contributed by atoms with Crippen molar-refractivity contribution in [1.82, 2.24) is 20.0 Å². The van der Waals surface area contributed by atoms with Crippen molar-refractivity contribution >= 4 is 23.1 Å². The molecular weight excluding hydrogens is 376 g/mol. The number of thiophene rings is 1. The number of piperazine rings is 1. The van der Waals surface area contributed by atoms with E-state index in [0.29, 0.717) is 62.1 Å². The topological polar surface area (TPSA) is 99.2 Å². The third kappa shape index (κ3) is 3.87. The van der Waals surface area contributed by atoms with E-state index in [0.717, 1.165) is 4.88 Å². The molecule has 1 aliphatic heterocycles. The van der Waals surface area contributed by atoms with Crippen LogP contribution in [0.4, 0.5) is 5.82 Å². The fraction of sp³-hybridized carbons (Fsp3) is 0.316. The molecule has 0 bridgehead atoms. The average Bonchev–Trinajstić information content (AvgIpc) is 3.44. The van der Waals surface area contributed by atoms with Crippen molar-refractivity contribution in [3.05, 3.63) is 47.3 Å². The second kappa shape index (κ2) is 8.19. The number of aromatic nitrogens is 3. The second-order valence-corrected chi connectivity index (χ2v) is 7.29. The Morgan fingerprint density at radius 1 is 1.25 bits per heavy atom. The van der Waals surface area contributed by atoms with Gasteiger partial charge in [0.1, 0.15) is 11.9 Å². The fourth-order valence-electron chi connectivity index (χ4n) is 3.14. The van der Waals surface area contributed by atoms with Crippen LogP contribution in [-0.2, 0) is 11.2 Å². The maximum atomic E-state index is 12.5. The number of aryl methyl sites for hydroxylation is 1. The molecule has 0 N–H and O–H groups in total. The van der Waals surface area contributed by atoms with Gasteiger partial charge in [0.15, 0.2) is 0 Å². The van der Waals surface area contributed by atoms with Crippen LogP contribution in [0.1, 0.15) is 17.9 Å². The molecule has 1 fully saturated rings. The molecule has 142 valence electrons. The zero-order chi connectivity index (χ0) is 19.3. The minimum atomic E-state index is 0.0667. The van der Waals surface area contributed by atoms with Crippen LogP contribution in [0.5, 0.6) is 0 Å². The van der Waals surface area contributed by atoms with Crippen LogP contribution in [-0.4, -0.2) is 52.1 Å². The SMILES string of the molecule is N#Cc1cccnc1N1CCN(C(=O)CCc2nc(-c3cccs3)no2)CC1. The number of nitrogens with zero attached hydrogens (tertiary/aromatic N) is 6. The zero-order valence-electron chi connectivity index (χ0n) is 15.1. The minimum absolute atomic E-state index is 0.0667. The summed E-state index contributed by atoms with van der Waals surface area (Å²) < 4.78 is 5.25. The number of hydrogen-bond donors (Lipinski definition) is 0. The Balaban J connectivity index is 1.29. The van der Waals surface area contributed by atoms with E-state index in [1.807, 2.05) is 27.3 Å². The molecule has 1 amide bonds. The van der Waals surface area contributed by atoms with Gasteiger partial charge in [0.2, 0.25) is 17.6 Å². The maximum absolute atomic E-state index is 12.5. The maximum Gasteiger partial charge on any atom is 0.227 e. The third-order valence-corrected chi connectivity index (χ3v) is 5.47. The Labute approximate surface area is 166 Å². The Hall–Kier alpha value is -3.25. The number of carbonyl (C=O) groups excluding carboxylic acids is 1. The molecular formula is C19H18N6O2S. The van der Waals surface area contributed by atoms with Gasteiger partial charge in [-0.2, -0.15) is 10.2 Å². The molecule has 0 aromatic carbocycles. The number of carbonyl (C=O) groups is 1. The summed E-state index contributed by atoms with van der Waals surface area (Å²) in [5, 5.41) is 15.2. The quantitative estimate of drug-likeness (QED) is 0.655. The first-order valence-electron chi connectivity index (χ1n) is 8.99. The Bertz CT molecular complexity index is 986. The molecule has 0 radical (unpaired) electrons. The molecule has 1 saturated heterocycles. The fourth-order valence-corrected chi connectivity index (χ4v) is 3.79. The highest BCUT2D eigenvalue weighted by Crippen LogP contribution is 2.22. The summed E-state index contributed by atoms with van der Waals surface area (Å²) in [6.07, 6.45) is 2.44. The summed E-state index contributed by atoms with van der Waals surface area (Å²) in [6.45, 7) is 2.51. The Morgan fingerprint density at radius 2 is 2.11 bits per heavy atom. The summed E-state index contributed by atoms with van der Waals surface area (Å²) in [4.78, 5) is 26.0. The number of rotatable bonds is 5. The molecule has 0 unspecified atom stereocenters. The van der Waals surface area contributed by atoms with Crippen LogP contribution >= 0.6 is 11.3 Å². The summed E-state index contributed by atoms with van der Waals surface area (Å²) in [5.41, 5.74) is 0.556. The number of nitriles is 1. The lowest BCUT2D eigenvalue weighted by Crippen LogP contribution is -2.49. The highest BCUT2D eigenvalue weighted by atomic mass is 32.1. The summed E-state index contributed by atoms with van der Waals surface area (Å²) in [6, 6.07) is 9.55. The van der Waals surface area contributed by atoms with E-state index in [2.05, 4.69) is 21.2 Å². The van der Waals surface area contributed by atoms with Gasteiger partial charge in [0.05, 0.1) is 10.4 Å². The molecule has 3 aromatic heterocycles. The minimum Gasteiger partial charge on any atom is -0.352 e. The highest BCUT2D eigenvalue weighted by Gasteiger charge is 2.23. The largest absolute Gasteiger partial charge is 0.352 e. The molecule has 3 aromatic rings. The third-order valence-electron chi connectivity index (χ3n) is 4.60. The second-order valence-electron chi connectivity index (χ2n) is 6.34. The van der Waals surface area contributed by atoms with Crippen molar-refractivity contribution in [1.29, 1.82) is 5.26 Å².